The number of nitrogens with zero attached hydrogens (tertiary/aromatic N) is 2. The van der Waals surface area contributed by atoms with E-state index in [1.165, 1.54) is 0 Å². The van der Waals surface area contributed by atoms with Crippen LogP contribution in [0.1, 0.15) is 5.76 Å². The number of hydrogen-bond acceptors (Lipinski definition) is 7. The first-order valence-corrected chi connectivity index (χ1v) is 9.22. The third-order valence-electron chi connectivity index (χ3n) is 4.27. The molecule has 0 radical (unpaired) electrons. The number of carbonyl (C=O) groups is 1. The van der Waals surface area contributed by atoms with E-state index in [9.17, 15) is 4.79 Å². The Labute approximate surface area is 172 Å². The van der Waals surface area contributed by atoms with E-state index >= 15 is 0 Å². The second-order valence-electron chi connectivity index (χ2n) is 6.32. The quantitative estimate of drug-likeness (QED) is 0.477. The van der Waals surface area contributed by atoms with E-state index in [2.05, 4.69) is 15.5 Å². The van der Waals surface area contributed by atoms with Gasteiger partial charge in [-0.3, -0.25) is 4.79 Å². The minimum Gasteiger partial charge on any atom is -0.497 e. The summed E-state index contributed by atoms with van der Waals surface area (Å²) in [6.45, 7) is 0.191. The van der Waals surface area contributed by atoms with Crippen LogP contribution in [0.3, 0.4) is 0 Å². The van der Waals surface area contributed by atoms with Crippen LogP contribution >= 0.6 is 0 Å². The Bertz CT molecular complexity index is 1100. The summed E-state index contributed by atoms with van der Waals surface area (Å²) < 4.78 is 21.3. The zero-order valence-corrected chi connectivity index (χ0v) is 16.2. The van der Waals surface area contributed by atoms with Crippen LogP contribution < -0.4 is 14.8 Å². The Kier molecular flexibility index (Phi) is 5.75. The van der Waals surface area contributed by atoms with Gasteiger partial charge in [0.05, 0.1) is 19.9 Å². The number of furan rings is 1. The van der Waals surface area contributed by atoms with Crippen molar-refractivity contribution < 1.29 is 23.2 Å². The molecule has 1 amide bonds. The van der Waals surface area contributed by atoms with Gasteiger partial charge in [0.2, 0.25) is 5.82 Å². The van der Waals surface area contributed by atoms with Gasteiger partial charge >= 0.3 is 0 Å². The molecule has 8 heteroatoms. The summed E-state index contributed by atoms with van der Waals surface area (Å²) in [6, 6.07) is 18.0. The minimum absolute atomic E-state index is 0.120. The Hall–Kier alpha value is -4.07. The highest BCUT2D eigenvalue weighted by Crippen LogP contribution is 2.26. The van der Waals surface area contributed by atoms with Crippen molar-refractivity contribution in [2.24, 2.45) is 0 Å². The predicted molar refractivity (Wildman–Crippen MR) is 108 cm³/mol. The molecule has 2 heterocycles. The van der Waals surface area contributed by atoms with E-state index in [0.717, 1.165) is 11.3 Å². The van der Waals surface area contributed by atoms with Gasteiger partial charge in [-0.15, -0.1) is 0 Å². The van der Waals surface area contributed by atoms with Gasteiger partial charge in [0, 0.05) is 11.1 Å². The lowest BCUT2D eigenvalue weighted by atomic mass is 10.2. The Morgan fingerprint density at radius 1 is 1.03 bits per heavy atom. The van der Waals surface area contributed by atoms with E-state index in [1.54, 1.807) is 43.7 Å². The number of ether oxygens (including phenoxy) is 2. The molecule has 4 rings (SSSR count). The van der Waals surface area contributed by atoms with Crippen molar-refractivity contribution >= 4 is 5.91 Å². The number of carbonyl (C=O) groups excluding carboxylic acids is 1. The first-order chi connectivity index (χ1) is 14.7. The number of aromatic nitrogens is 2. The molecule has 0 atom stereocenters. The molecule has 0 saturated carbocycles. The van der Waals surface area contributed by atoms with Crippen LogP contribution in [0, 0.1) is 0 Å². The lowest BCUT2D eigenvalue weighted by molar-refractivity contribution is -0.123. The number of benzene rings is 2. The third kappa shape index (κ3) is 4.67. The van der Waals surface area contributed by atoms with Crippen molar-refractivity contribution in [2.45, 2.75) is 6.54 Å². The van der Waals surface area contributed by atoms with Gasteiger partial charge in [0.15, 0.2) is 6.61 Å². The summed E-state index contributed by atoms with van der Waals surface area (Å²) >= 11 is 0. The molecular formula is C22H19N3O5. The summed E-state index contributed by atoms with van der Waals surface area (Å²) in [5.41, 5.74) is 1.50. The van der Waals surface area contributed by atoms with Gasteiger partial charge < -0.3 is 23.7 Å². The van der Waals surface area contributed by atoms with Crippen LogP contribution in [-0.2, 0) is 11.3 Å². The Morgan fingerprint density at radius 2 is 1.90 bits per heavy atom. The lowest BCUT2D eigenvalue weighted by Gasteiger charge is -2.07. The van der Waals surface area contributed by atoms with Crippen LogP contribution in [0.4, 0.5) is 0 Å². The standard InChI is InChI=1S/C22H19N3O5/c1-27-17-9-7-15(8-10-17)21-24-22(30-25-21)16-4-2-5-18(12-16)29-14-20(26)23-13-19-6-3-11-28-19/h2-12H,13-14H2,1H3,(H,23,26). The summed E-state index contributed by atoms with van der Waals surface area (Å²) in [5.74, 6) is 2.51. The number of methoxy groups -OCH3 is 1. The smallest absolute Gasteiger partial charge is 0.258 e. The van der Waals surface area contributed by atoms with Gasteiger partial charge in [-0.2, -0.15) is 4.98 Å². The van der Waals surface area contributed by atoms with Crippen LogP contribution in [0.25, 0.3) is 22.8 Å². The molecule has 2 aromatic carbocycles. The second-order valence-corrected chi connectivity index (χ2v) is 6.32. The van der Waals surface area contributed by atoms with Crippen molar-refractivity contribution in [2.75, 3.05) is 13.7 Å². The van der Waals surface area contributed by atoms with Crippen molar-refractivity contribution in [1.29, 1.82) is 0 Å². The molecule has 152 valence electrons. The minimum atomic E-state index is -0.253. The van der Waals surface area contributed by atoms with Gasteiger partial charge in [0.1, 0.15) is 17.3 Å². The largest absolute Gasteiger partial charge is 0.497 e. The summed E-state index contributed by atoms with van der Waals surface area (Å²) in [4.78, 5) is 16.4. The molecule has 8 nitrogen and oxygen atoms in total. The Balaban J connectivity index is 1.38. The van der Waals surface area contributed by atoms with Crippen molar-refractivity contribution in [3.63, 3.8) is 0 Å². The van der Waals surface area contributed by atoms with E-state index in [1.807, 2.05) is 30.3 Å². The normalized spacial score (nSPS) is 10.6. The SMILES string of the molecule is COc1ccc(-c2noc(-c3cccc(OCC(=O)NCc4ccco4)c3)n2)cc1. The molecule has 2 aromatic heterocycles. The highest BCUT2D eigenvalue weighted by atomic mass is 16.5. The van der Waals surface area contributed by atoms with E-state index in [-0.39, 0.29) is 12.5 Å². The molecule has 0 fully saturated rings. The number of hydrogen-bond donors (Lipinski definition) is 1. The number of amides is 1. The van der Waals surface area contributed by atoms with Crippen molar-refractivity contribution in [3.05, 3.63) is 72.7 Å². The average Bonchev–Trinajstić information content (AvgIpc) is 3.49. The van der Waals surface area contributed by atoms with E-state index < -0.39 is 0 Å². The van der Waals surface area contributed by atoms with Gasteiger partial charge in [-0.05, 0) is 54.6 Å². The molecule has 30 heavy (non-hydrogen) atoms. The topological polar surface area (TPSA) is 99.6 Å². The van der Waals surface area contributed by atoms with Crippen LogP contribution in [-0.4, -0.2) is 29.8 Å². The second kappa shape index (κ2) is 8.95. The molecule has 1 N–H and O–H groups in total. The van der Waals surface area contributed by atoms with Crippen LogP contribution in [0.2, 0.25) is 0 Å². The molecule has 0 unspecified atom stereocenters. The molecule has 4 aromatic rings. The summed E-state index contributed by atoms with van der Waals surface area (Å²) in [5, 5.41) is 6.75. The highest BCUT2D eigenvalue weighted by molar-refractivity contribution is 5.77. The first-order valence-electron chi connectivity index (χ1n) is 9.22. The summed E-state index contributed by atoms with van der Waals surface area (Å²) in [7, 11) is 1.61. The zero-order chi connectivity index (χ0) is 20.8. The number of rotatable bonds is 8. The molecule has 0 bridgehead atoms. The zero-order valence-electron chi connectivity index (χ0n) is 16.2. The van der Waals surface area contributed by atoms with Gasteiger partial charge in [-0.25, -0.2) is 0 Å². The molecule has 0 saturated heterocycles. The Morgan fingerprint density at radius 3 is 2.67 bits per heavy atom. The third-order valence-corrected chi connectivity index (χ3v) is 4.27. The average molecular weight is 405 g/mol. The fourth-order valence-corrected chi connectivity index (χ4v) is 2.72. The predicted octanol–water partition coefficient (Wildman–Crippen LogP) is 3.70. The molecule has 0 aliphatic carbocycles. The van der Waals surface area contributed by atoms with E-state index in [0.29, 0.717) is 35.3 Å². The molecular weight excluding hydrogens is 386 g/mol. The monoisotopic (exact) mass is 405 g/mol. The maximum Gasteiger partial charge on any atom is 0.258 e. The fourth-order valence-electron chi connectivity index (χ4n) is 2.72. The van der Waals surface area contributed by atoms with Crippen molar-refractivity contribution in [1.82, 2.24) is 15.5 Å². The fraction of sp³-hybridized carbons (Fsp3) is 0.136. The van der Waals surface area contributed by atoms with E-state index in [4.69, 9.17) is 18.4 Å². The van der Waals surface area contributed by atoms with Gasteiger partial charge in [-0.1, -0.05) is 11.2 Å². The van der Waals surface area contributed by atoms with Crippen LogP contribution in [0.5, 0.6) is 11.5 Å². The molecule has 0 aliphatic rings. The first kappa shape index (κ1) is 19.3. The maximum atomic E-state index is 11.9. The molecule has 0 spiro atoms. The number of nitrogens with one attached hydrogen (secondary N) is 1. The highest BCUT2D eigenvalue weighted by Gasteiger charge is 2.12. The van der Waals surface area contributed by atoms with Gasteiger partial charge in [0.25, 0.3) is 11.8 Å². The van der Waals surface area contributed by atoms with Crippen LogP contribution in [0.15, 0.2) is 75.9 Å². The maximum absolute atomic E-state index is 11.9. The lowest BCUT2D eigenvalue weighted by Crippen LogP contribution is -2.28. The summed E-state index contributed by atoms with van der Waals surface area (Å²) in [6.07, 6.45) is 1.56. The molecule has 0 aliphatic heterocycles. The van der Waals surface area contributed by atoms with Crippen molar-refractivity contribution in [3.8, 4) is 34.3 Å².